The molecule has 1 atom stereocenters. The van der Waals surface area contributed by atoms with Crippen LogP contribution in [-0.2, 0) is 7.05 Å². The second-order valence-electron chi connectivity index (χ2n) is 5.97. The minimum Gasteiger partial charge on any atom is -0.383 e. The van der Waals surface area contributed by atoms with Crippen molar-refractivity contribution in [3.8, 4) is 0 Å². The normalized spacial score (nSPS) is 12.6. The van der Waals surface area contributed by atoms with Crippen molar-refractivity contribution in [1.82, 2.24) is 24.6 Å². The molecule has 0 spiro atoms. The molecule has 25 heavy (non-hydrogen) atoms. The van der Waals surface area contributed by atoms with Crippen LogP contribution in [0.3, 0.4) is 0 Å². The molecule has 1 unspecified atom stereocenters. The topological polar surface area (TPSA) is 84.9 Å². The molecule has 2 aromatic heterocycles. The lowest BCUT2D eigenvalue weighted by atomic mass is 10.1. The minimum absolute atomic E-state index is 0.239. The van der Waals surface area contributed by atoms with Gasteiger partial charge in [-0.3, -0.25) is 9.58 Å². The Morgan fingerprint density at radius 3 is 2.56 bits per heavy atom. The van der Waals surface area contributed by atoms with E-state index in [9.17, 15) is 0 Å². The van der Waals surface area contributed by atoms with E-state index in [4.69, 9.17) is 5.73 Å². The highest BCUT2D eigenvalue weighted by Gasteiger charge is 2.18. The van der Waals surface area contributed by atoms with Gasteiger partial charge in [-0.1, -0.05) is 44.2 Å². The molecule has 0 bridgehead atoms. The number of aryl methyl sites for hydroxylation is 1. The van der Waals surface area contributed by atoms with Crippen molar-refractivity contribution < 1.29 is 0 Å². The van der Waals surface area contributed by atoms with E-state index in [1.165, 1.54) is 5.56 Å². The Morgan fingerprint density at radius 1 is 1.16 bits per heavy atom. The third-order valence-electron chi connectivity index (χ3n) is 4.51. The average molecular weight is 339 g/mol. The van der Waals surface area contributed by atoms with E-state index in [0.717, 1.165) is 24.1 Å². The van der Waals surface area contributed by atoms with Gasteiger partial charge in [0.2, 0.25) is 5.95 Å². The number of anilines is 2. The Labute approximate surface area is 147 Å². The van der Waals surface area contributed by atoms with Crippen molar-refractivity contribution in [2.24, 2.45) is 7.05 Å². The molecule has 0 radical (unpaired) electrons. The van der Waals surface area contributed by atoms with E-state index in [-0.39, 0.29) is 6.04 Å². The van der Waals surface area contributed by atoms with Gasteiger partial charge in [0.15, 0.2) is 5.65 Å². The van der Waals surface area contributed by atoms with E-state index in [1.54, 1.807) is 10.9 Å². The molecule has 3 N–H and O–H groups in total. The van der Waals surface area contributed by atoms with Crippen LogP contribution in [0, 0.1) is 0 Å². The van der Waals surface area contributed by atoms with Gasteiger partial charge < -0.3 is 11.1 Å². The Hall–Kier alpha value is -2.67. The zero-order chi connectivity index (χ0) is 17.8. The summed E-state index contributed by atoms with van der Waals surface area (Å²) in [6.45, 7) is 7.00. The Morgan fingerprint density at radius 2 is 1.88 bits per heavy atom. The van der Waals surface area contributed by atoms with Crippen LogP contribution < -0.4 is 11.1 Å². The highest BCUT2D eigenvalue weighted by molar-refractivity contribution is 5.86. The molecule has 0 aliphatic rings. The van der Waals surface area contributed by atoms with Crippen molar-refractivity contribution in [1.29, 1.82) is 0 Å². The summed E-state index contributed by atoms with van der Waals surface area (Å²) in [5.74, 6) is 0.974. The van der Waals surface area contributed by atoms with Crippen molar-refractivity contribution in [2.75, 3.05) is 30.7 Å². The van der Waals surface area contributed by atoms with Crippen LogP contribution in [-0.4, -0.2) is 44.3 Å². The van der Waals surface area contributed by atoms with Crippen LogP contribution in [0.1, 0.15) is 25.5 Å². The van der Waals surface area contributed by atoms with E-state index in [2.05, 4.69) is 63.4 Å². The summed E-state index contributed by atoms with van der Waals surface area (Å²) in [6.07, 6.45) is 1.69. The van der Waals surface area contributed by atoms with Crippen LogP contribution >= 0.6 is 0 Å². The summed E-state index contributed by atoms with van der Waals surface area (Å²) < 4.78 is 1.71. The first kappa shape index (κ1) is 17.2. The fourth-order valence-corrected chi connectivity index (χ4v) is 3.11. The molecular formula is C18H25N7. The van der Waals surface area contributed by atoms with Gasteiger partial charge in [0.05, 0.1) is 17.6 Å². The van der Waals surface area contributed by atoms with Gasteiger partial charge in [0.1, 0.15) is 5.82 Å². The monoisotopic (exact) mass is 339 g/mol. The lowest BCUT2D eigenvalue weighted by Crippen LogP contribution is -2.33. The number of nitrogens with zero attached hydrogens (tertiary/aromatic N) is 5. The maximum Gasteiger partial charge on any atom is 0.226 e. The number of rotatable bonds is 7. The third-order valence-corrected chi connectivity index (χ3v) is 4.51. The maximum absolute atomic E-state index is 6.05. The predicted octanol–water partition coefficient (Wildman–Crippen LogP) is 2.44. The molecule has 3 aromatic rings. The number of benzene rings is 1. The van der Waals surface area contributed by atoms with Crippen LogP contribution in [0.5, 0.6) is 0 Å². The van der Waals surface area contributed by atoms with Gasteiger partial charge in [0, 0.05) is 13.6 Å². The van der Waals surface area contributed by atoms with E-state index < -0.39 is 0 Å². The van der Waals surface area contributed by atoms with Gasteiger partial charge in [0.25, 0.3) is 0 Å². The third kappa shape index (κ3) is 3.56. The molecule has 0 saturated heterocycles. The van der Waals surface area contributed by atoms with Gasteiger partial charge in [-0.05, 0) is 18.7 Å². The number of aromatic nitrogens is 4. The molecule has 7 heteroatoms. The molecule has 2 heterocycles. The van der Waals surface area contributed by atoms with Crippen LogP contribution in [0.15, 0.2) is 36.5 Å². The van der Waals surface area contributed by atoms with E-state index >= 15 is 0 Å². The second-order valence-corrected chi connectivity index (χ2v) is 5.97. The lowest BCUT2D eigenvalue weighted by molar-refractivity contribution is 0.228. The quantitative estimate of drug-likeness (QED) is 0.688. The summed E-state index contributed by atoms with van der Waals surface area (Å²) >= 11 is 0. The first-order valence-corrected chi connectivity index (χ1v) is 8.62. The van der Waals surface area contributed by atoms with Crippen molar-refractivity contribution in [3.63, 3.8) is 0 Å². The number of nitrogens with one attached hydrogen (secondary N) is 1. The van der Waals surface area contributed by atoms with Crippen molar-refractivity contribution >= 4 is 22.8 Å². The van der Waals surface area contributed by atoms with E-state index in [1.807, 2.05) is 13.1 Å². The summed E-state index contributed by atoms with van der Waals surface area (Å²) in [5.41, 5.74) is 8.05. The highest BCUT2D eigenvalue weighted by atomic mass is 15.3. The molecule has 0 aliphatic carbocycles. The standard InChI is InChI=1S/C18H25N7/c1-4-25(5-2)15(13-9-7-6-8-10-13)12-20-18-22-16(19)14-11-21-24(3)17(14)23-18/h6-11,15H,4-5,12H2,1-3H3,(H3,19,20,22,23). The molecule has 0 fully saturated rings. The molecule has 132 valence electrons. The number of hydrogen-bond donors (Lipinski definition) is 2. The number of fused-ring (bicyclic) bond motifs is 1. The summed E-state index contributed by atoms with van der Waals surface area (Å²) in [7, 11) is 1.85. The highest BCUT2D eigenvalue weighted by Crippen LogP contribution is 2.22. The molecule has 3 rings (SSSR count). The minimum atomic E-state index is 0.239. The smallest absolute Gasteiger partial charge is 0.226 e. The van der Waals surface area contributed by atoms with Gasteiger partial charge in [-0.25, -0.2) is 0 Å². The Bertz CT molecular complexity index is 824. The van der Waals surface area contributed by atoms with Crippen LogP contribution in [0.4, 0.5) is 11.8 Å². The Balaban J connectivity index is 1.84. The largest absolute Gasteiger partial charge is 0.383 e. The summed E-state index contributed by atoms with van der Waals surface area (Å²) in [6, 6.07) is 10.7. The van der Waals surface area contributed by atoms with Crippen LogP contribution in [0.2, 0.25) is 0 Å². The van der Waals surface area contributed by atoms with Crippen molar-refractivity contribution in [2.45, 2.75) is 19.9 Å². The lowest BCUT2D eigenvalue weighted by Gasteiger charge is -2.30. The zero-order valence-corrected chi connectivity index (χ0v) is 15.0. The van der Waals surface area contributed by atoms with E-state index in [0.29, 0.717) is 18.3 Å². The fourth-order valence-electron chi connectivity index (χ4n) is 3.11. The fraction of sp³-hybridized carbons (Fsp3) is 0.389. The number of hydrogen-bond acceptors (Lipinski definition) is 6. The molecular weight excluding hydrogens is 314 g/mol. The zero-order valence-electron chi connectivity index (χ0n) is 15.0. The predicted molar refractivity (Wildman–Crippen MR) is 101 cm³/mol. The summed E-state index contributed by atoms with van der Waals surface area (Å²) in [4.78, 5) is 11.3. The summed E-state index contributed by atoms with van der Waals surface area (Å²) in [5, 5.41) is 8.33. The molecule has 7 nitrogen and oxygen atoms in total. The first-order valence-electron chi connectivity index (χ1n) is 8.62. The molecule has 1 aromatic carbocycles. The Kier molecular flexibility index (Phi) is 5.14. The number of nitrogen functional groups attached to an aromatic ring is 1. The van der Waals surface area contributed by atoms with Gasteiger partial charge in [-0.15, -0.1) is 0 Å². The molecule has 0 amide bonds. The van der Waals surface area contributed by atoms with Gasteiger partial charge in [-0.2, -0.15) is 15.1 Å². The first-order chi connectivity index (χ1) is 12.1. The molecule has 0 aliphatic heterocycles. The number of nitrogens with two attached hydrogens (primary N) is 1. The average Bonchev–Trinajstić information content (AvgIpc) is 3.01. The SMILES string of the molecule is CCN(CC)C(CNc1nc(N)c2cnn(C)c2n1)c1ccccc1. The molecule has 0 saturated carbocycles. The van der Waals surface area contributed by atoms with Crippen molar-refractivity contribution in [3.05, 3.63) is 42.1 Å². The maximum atomic E-state index is 6.05. The second kappa shape index (κ2) is 7.48. The van der Waals surface area contributed by atoms with Gasteiger partial charge >= 0.3 is 0 Å². The van der Waals surface area contributed by atoms with Crippen LogP contribution in [0.25, 0.3) is 11.0 Å². The number of likely N-dealkylation sites (N-methyl/N-ethyl adjacent to an activating group) is 1.